The molecule has 1 atom stereocenters. The highest BCUT2D eigenvalue weighted by Gasteiger charge is 2.42. The van der Waals surface area contributed by atoms with Gasteiger partial charge in [0.15, 0.2) is 0 Å². The number of rotatable bonds is 3. The van der Waals surface area contributed by atoms with E-state index in [0.717, 1.165) is 12.8 Å². The van der Waals surface area contributed by atoms with Crippen LogP contribution in [0, 0.1) is 0 Å². The molecule has 84 valence electrons. The molecule has 1 saturated heterocycles. The Morgan fingerprint density at radius 2 is 2.07 bits per heavy atom. The first-order valence-electron chi connectivity index (χ1n) is 4.68. The zero-order valence-electron chi connectivity index (χ0n) is 8.52. The molecule has 0 aromatic carbocycles. The number of alkyl halides is 3. The van der Waals surface area contributed by atoms with Crippen molar-refractivity contribution < 1.29 is 17.9 Å². The average Bonchev–Trinajstić information content (AvgIpc) is 2.30. The summed E-state index contributed by atoms with van der Waals surface area (Å²) in [6, 6.07) is 0. The number of hydrogen-bond donors (Lipinski definition) is 0. The quantitative estimate of drug-likeness (QED) is 0.708. The number of halogens is 3. The Balaban J connectivity index is 2.59. The molecule has 1 fully saturated rings. The lowest BCUT2D eigenvalue weighted by molar-refractivity contribution is -0.156. The van der Waals surface area contributed by atoms with E-state index in [9.17, 15) is 13.2 Å². The van der Waals surface area contributed by atoms with E-state index in [0.29, 0.717) is 13.2 Å². The topological polar surface area (TPSA) is 12.5 Å². The van der Waals surface area contributed by atoms with Crippen LogP contribution in [-0.4, -0.2) is 43.4 Å². The number of methoxy groups -OCH3 is 1. The maximum atomic E-state index is 12.2. The Hall–Kier alpha value is -0.290. The van der Waals surface area contributed by atoms with E-state index < -0.39 is 18.3 Å². The monoisotopic (exact) mass is 211 g/mol. The summed E-state index contributed by atoms with van der Waals surface area (Å²) in [7, 11) is 1.52. The fourth-order valence-corrected chi connectivity index (χ4v) is 2.04. The van der Waals surface area contributed by atoms with Crippen molar-refractivity contribution in [2.24, 2.45) is 0 Å². The lowest BCUT2D eigenvalue weighted by Crippen LogP contribution is -2.48. The van der Waals surface area contributed by atoms with Gasteiger partial charge in [0, 0.05) is 12.6 Å². The van der Waals surface area contributed by atoms with Crippen molar-refractivity contribution in [1.29, 1.82) is 0 Å². The zero-order valence-corrected chi connectivity index (χ0v) is 8.52. The summed E-state index contributed by atoms with van der Waals surface area (Å²) in [6.07, 6.45) is -2.52. The van der Waals surface area contributed by atoms with Gasteiger partial charge >= 0.3 is 6.18 Å². The van der Waals surface area contributed by atoms with Gasteiger partial charge in [-0.25, -0.2) is 0 Å². The Labute approximate surface area is 82.0 Å². The smallest absolute Gasteiger partial charge is 0.383 e. The van der Waals surface area contributed by atoms with Gasteiger partial charge in [-0.1, -0.05) is 0 Å². The van der Waals surface area contributed by atoms with Crippen LogP contribution in [0.2, 0.25) is 0 Å². The molecule has 0 aromatic heterocycles. The molecule has 1 heterocycles. The number of ether oxygens (including phenoxy) is 1. The van der Waals surface area contributed by atoms with Gasteiger partial charge in [-0.3, -0.25) is 4.90 Å². The van der Waals surface area contributed by atoms with Crippen LogP contribution in [0.1, 0.15) is 19.8 Å². The lowest BCUT2D eigenvalue weighted by Gasteiger charge is -2.34. The summed E-state index contributed by atoms with van der Waals surface area (Å²) < 4.78 is 41.6. The number of hydrogen-bond acceptors (Lipinski definition) is 2. The van der Waals surface area contributed by atoms with E-state index in [4.69, 9.17) is 4.74 Å². The number of nitrogens with zero attached hydrogens (tertiary/aromatic N) is 1. The van der Waals surface area contributed by atoms with Gasteiger partial charge in [0.05, 0.1) is 13.2 Å². The minimum Gasteiger partial charge on any atom is -0.383 e. The van der Waals surface area contributed by atoms with Crippen LogP contribution >= 0.6 is 0 Å². The normalized spacial score (nSPS) is 29.8. The van der Waals surface area contributed by atoms with E-state index >= 15 is 0 Å². The van der Waals surface area contributed by atoms with Crippen molar-refractivity contribution in [3.05, 3.63) is 0 Å². The molecule has 0 N–H and O–H groups in total. The molecule has 1 aliphatic rings. The van der Waals surface area contributed by atoms with Crippen LogP contribution in [-0.2, 0) is 4.74 Å². The van der Waals surface area contributed by atoms with Crippen LogP contribution < -0.4 is 0 Å². The third kappa shape index (κ3) is 2.85. The first-order valence-corrected chi connectivity index (χ1v) is 4.68. The summed E-state index contributed by atoms with van der Waals surface area (Å²) in [6.45, 7) is 1.88. The van der Waals surface area contributed by atoms with E-state index in [1.807, 2.05) is 6.92 Å². The predicted octanol–water partition coefficient (Wildman–Crippen LogP) is 2.05. The minimum atomic E-state index is -4.11. The highest BCUT2D eigenvalue weighted by atomic mass is 19.4. The summed E-state index contributed by atoms with van der Waals surface area (Å²) >= 11 is 0. The Bertz CT molecular complexity index is 195. The van der Waals surface area contributed by atoms with Crippen molar-refractivity contribution in [2.45, 2.75) is 31.5 Å². The van der Waals surface area contributed by atoms with E-state index in [-0.39, 0.29) is 0 Å². The van der Waals surface area contributed by atoms with E-state index in [1.54, 1.807) is 0 Å². The zero-order chi connectivity index (χ0) is 10.8. The second-order valence-corrected chi connectivity index (χ2v) is 4.07. The van der Waals surface area contributed by atoms with Gasteiger partial charge in [-0.2, -0.15) is 13.2 Å². The molecular formula is C9H16F3NO. The van der Waals surface area contributed by atoms with Gasteiger partial charge in [-0.15, -0.1) is 0 Å². The third-order valence-corrected chi connectivity index (χ3v) is 2.73. The fraction of sp³-hybridized carbons (Fsp3) is 1.00. The first-order chi connectivity index (χ1) is 6.37. The van der Waals surface area contributed by atoms with Crippen LogP contribution in [0.15, 0.2) is 0 Å². The average molecular weight is 211 g/mol. The van der Waals surface area contributed by atoms with Crippen LogP contribution in [0.4, 0.5) is 13.2 Å². The van der Waals surface area contributed by atoms with Gasteiger partial charge in [0.2, 0.25) is 0 Å². The Morgan fingerprint density at radius 3 is 2.57 bits per heavy atom. The van der Waals surface area contributed by atoms with Crippen molar-refractivity contribution in [3.8, 4) is 0 Å². The standard InChI is InChI=1S/C9H16F3NO/c1-8(7-14-2)4-3-5-13(8)6-9(10,11)12/h3-7H2,1-2H3. The van der Waals surface area contributed by atoms with Gasteiger partial charge in [0.1, 0.15) is 0 Å². The molecule has 0 aromatic rings. The van der Waals surface area contributed by atoms with Crippen molar-refractivity contribution in [3.63, 3.8) is 0 Å². The maximum absolute atomic E-state index is 12.2. The molecule has 0 spiro atoms. The largest absolute Gasteiger partial charge is 0.401 e. The third-order valence-electron chi connectivity index (χ3n) is 2.73. The SMILES string of the molecule is COCC1(C)CCCN1CC(F)(F)F. The summed E-state index contributed by atoms with van der Waals surface area (Å²) in [5.74, 6) is 0. The van der Waals surface area contributed by atoms with Crippen LogP contribution in [0.25, 0.3) is 0 Å². The maximum Gasteiger partial charge on any atom is 0.401 e. The second-order valence-electron chi connectivity index (χ2n) is 4.07. The molecule has 0 aliphatic carbocycles. The predicted molar refractivity (Wildman–Crippen MR) is 47.1 cm³/mol. The van der Waals surface area contributed by atoms with Crippen molar-refractivity contribution in [2.75, 3.05) is 26.8 Å². The lowest BCUT2D eigenvalue weighted by atomic mass is 10.0. The number of likely N-dealkylation sites (tertiary alicyclic amines) is 1. The molecule has 2 nitrogen and oxygen atoms in total. The molecule has 1 unspecified atom stereocenters. The minimum absolute atomic E-state index is 0.364. The van der Waals surface area contributed by atoms with Crippen LogP contribution in [0.5, 0.6) is 0 Å². The fourth-order valence-electron chi connectivity index (χ4n) is 2.04. The van der Waals surface area contributed by atoms with Crippen molar-refractivity contribution >= 4 is 0 Å². The highest BCUT2D eigenvalue weighted by molar-refractivity contribution is 4.92. The Kier molecular flexibility index (Phi) is 3.42. The molecular weight excluding hydrogens is 195 g/mol. The van der Waals surface area contributed by atoms with Crippen LogP contribution in [0.3, 0.4) is 0 Å². The van der Waals surface area contributed by atoms with Gasteiger partial charge < -0.3 is 4.74 Å². The van der Waals surface area contributed by atoms with Gasteiger partial charge in [-0.05, 0) is 26.3 Å². The molecule has 0 radical (unpaired) electrons. The van der Waals surface area contributed by atoms with Crippen molar-refractivity contribution in [1.82, 2.24) is 4.90 Å². The highest BCUT2D eigenvalue weighted by Crippen LogP contribution is 2.32. The Morgan fingerprint density at radius 1 is 1.43 bits per heavy atom. The first kappa shape index (κ1) is 11.8. The molecule has 5 heteroatoms. The molecule has 0 amide bonds. The molecule has 1 rings (SSSR count). The summed E-state index contributed by atoms with van der Waals surface area (Å²) in [5, 5.41) is 0. The molecule has 0 bridgehead atoms. The van der Waals surface area contributed by atoms with E-state index in [1.165, 1.54) is 12.0 Å². The molecule has 14 heavy (non-hydrogen) atoms. The van der Waals surface area contributed by atoms with E-state index in [2.05, 4.69) is 0 Å². The van der Waals surface area contributed by atoms with Gasteiger partial charge in [0.25, 0.3) is 0 Å². The summed E-state index contributed by atoms with van der Waals surface area (Å²) in [5.41, 5.74) is -0.440. The summed E-state index contributed by atoms with van der Waals surface area (Å²) in [4.78, 5) is 1.47. The second kappa shape index (κ2) is 4.06. The molecule has 1 aliphatic heterocycles. The molecule has 0 saturated carbocycles.